The summed E-state index contributed by atoms with van der Waals surface area (Å²) < 4.78 is 28.4. The van der Waals surface area contributed by atoms with E-state index in [0.29, 0.717) is 27.6 Å². The molecule has 21 heavy (non-hydrogen) atoms. The molecule has 0 bridgehead atoms. The first-order chi connectivity index (χ1) is 9.95. The highest BCUT2D eigenvalue weighted by atomic mass is 35.5. The fraction of sp³-hybridized carbons (Fsp3) is 0.143. The maximum Gasteiger partial charge on any atom is 0.163 e. The molecular weight excluding hydrogens is 319 g/mol. The van der Waals surface area contributed by atoms with Gasteiger partial charge in [-0.1, -0.05) is 29.3 Å². The van der Waals surface area contributed by atoms with Crippen molar-refractivity contribution in [2.75, 3.05) is 0 Å². The van der Waals surface area contributed by atoms with Crippen LogP contribution in [-0.4, -0.2) is 14.5 Å². The number of hydrogen-bond acceptors (Lipinski definition) is 2. The average molecular weight is 328 g/mol. The second-order valence-electron chi connectivity index (χ2n) is 4.58. The van der Waals surface area contributed by atoms with Gasteiger partial charge in [-0.25, -0.2) is 18.7 Å². The first-order valence-corrected chi connectivity index (χ1v) is 6.84. The first kappa shape index (κ1) is 14.2. The Kier molecular flexibility index (Phi) is 3.55. The lowest BCUT2D eigenvalue weighted by Crippen LogP contribution is -2.05. The zero-order valence-electron chi connectivity index (χ0n) is 10.9. The Bertz CT molecular complexity index is 846. The summed E-state index contributed by atoms with van der Waals surface area (Å²) in [7, 11) is 0. The Morgan fingerprint density at radius 3 is 2.62 bits per heavy atom. The minimum atomic E-state index is -0.621. The van der Waals surface area contributed by atoms with Gasteiger partial charge < -0.3 is 4.57 Å². The van der Waals surface area contributed by atoms with E-state index in [1.807, 2.05) is 0 Å². The van der Waals surface area contributed by atoms with Crippen LogP contribution in [0.25, 0.3) is 11.2 Å². The van der Waals surface area contributed by atoms with Crippen LogP contribution in [0.2, 0.25) is 10.2 Å². The summed E-state index contributed by atoms with van der Waals surface area (Å²) in [5, 5.41) is 0.611. The third kappa shape index (κ3) is 2.59. The average Bonchev–Trinajstić information content (AvgIpc) is 2.70. The molecule has 0 fully saturated rings. The molecule has 7 heteroatoms. The molecule has 0 atom stereocenters. The second kappa shape index (κ2) is 5.24. The Balaban J connectivity index is 2.14. The van der Waals surface area contributed by atoms with Crippen LogP contribution < -0.4 is 0 Å². The monoisotopic (exact) mass is 327 g/mol. The minimum absolute atomic E-state index is 0.165. The summed E-state index contributed by atoms with van der Waals surface area (Å²) in [4.78, 5) is 8.50. The Morgan fingerprint density at radius 2 is 1.90 bits per heavy atom. The lowest BCUT2D eigenvalue weighted by Gasteiger charge is -2.08. The SMILES string of the molecule is Cc1nc2c(Cl)cc(Cl)nc2n1Cc1ccc(F)cc1F. The number of aryl methyl sites for hydroxylation is 1. The van der Waals surface area contributed by atoms with Crippen molar-refractivity contribution >= 4 is 34.4 Å². The van der Waals surface area contributed by atoms with E-state index >= 15 is 0 Å². The predicted molar refractivity (Wildman–Crippen MR) is 77.7 cm³/mol. The van der Waals surface area contributed by atoms with Crippen molar-refractivity contribution in [3.05, 3.63) is 57.5 Å². The highest BCUT2D eigenvalue weighted by Crippen LogP contribution is 2.26. The number of hydrogen-bond donors (Lipinski definition) is 0. The van der Waals surface area contributed by atoms with Gasteiger partial charge in [0.1, 0.15) is 28.1 Å². The van der Waals surface area contributed by atoms with E-state index in [1.165, 1.54) is 18.2 Å². The van der Waals surface area contributed by atoms with Crippen molar-refractivity contribution < 1.29 is 8.78 Å². The predicted octanol–water partition coefficient (Wildman–Crippen LogP) is 4.37. The summed E-state index contributed by atoms with van der Waals surface area (Å²) >= 11 is 12.0. The fourth-order valence-electron chi connectivity index (χ4n) is 2.14. The molecule has 108 valence electrons. The number of nitrogens with zero attached hydrogens (tertiary/aromatic N) is 3. The van der Waals surface area contributed by atoms with Gasteiger partial charge in [-0.3, -0.25) is 0 Å². The number of rotatable bonds is 2. The van der Waals surface area contributed by atoms with Gasteiger partial charge in [0.15, 0.2) is 5.65 Å². The molecular formula is C14H9Cl2F2N3. The third-order valence-electron chi connectivity index (χ3n) is 3.16. The summed E-state index contributed by atoms with van der Waals surface area (Å²) in [6.45, 7) is 1.92. The van der Waals surface area contributed by atoms with E-state index in [1.54, 1.807) is 11.5 Å². The van der Waals surface area contributed by atoms with Gasteiger partial charge in [-0.2, -0.15) is 0 Å². The van der Waals surface area contributed by atoms with E-state index in [2.05, 4.69) is 9.97 Å². The van der Waals surface area contributed by atoms with E-state index < -0.39 is 11.6 Å². The van der Waals surface area contributed by atoms with Crippen molar-refractivity contribution in [3.63, 3.8) is 0 Å². The van der Waals surface area contributed by atoms with E-state index in [0.717, 1.165) is 6.07 Å². The van der Waals surface area contributed by atoms with Gasteiger partial charge in [0.25, 0.3) is 0 Å². The summed E-state index contributed by atoms with van der Waals surface area (Å²) in [6.07, 6.45) is 0. The minimum Gasteiger partial charge on any atom is -0.308 e. The maximum absolute atomic E-state index is 13.8. The molecule has 0 saturated heterocycles. The zero-order chi connectivity index (χ0) is 15.1. The Labute approximate surface area is 129 Å². The third-order valence-corrected chi connectivity index (χ3v) is 3.64. The highest BCUT2D eigenvalue weighted by molar-refractivity contribution is 6.37. The molecule has 0 amide bonds. The number of imidazole rings is 1. The van der Waals surface area contributed by atoms with Crippen LogP contribution in [0.5, 0.6) is 0 Å². The molecule has 0 aliphatic rings. The van der Waals surface area contributed by atoms with Crippen LogP contribution in [0.3, 0.4) is 0 Å². The molecule has 0 unspecified atom stereocenters. The standard InChI is InChI=1S/C14H9Cl2F2N3/c1-7-19-13-10(15)5-12(16)20-14(13)21(7)6-8-2-3-9(17)4-11(8)18/h2-5H,6H2,1H3. The van der Waals surface area contributed by atoms with Crippen molar-refractivity contribution in [2.24, 2.45) is 0 Å². The van der Waals surface area contributed by atoms with Crippen LogP contribution in [0.1, 0.15) is 11.4 Å². The molecule has 0 saturated carbocycles. The number of pyridine rings is 1. The maximum atomic E-state index is 13.8. The molecule has 0 aliphatic heterocycles. The Hall–Kier alpha value is -1.72. The van der Waals surface area contributed by atoms with Gasteiger partial charge in [0.2, 0.25) is 0 Å². The van der Waals surface area contributed by atoms with E-state index in [9.17, 15) is 8.78 Å². The number of benzene rings is 1. The van der Waals surface area contributed by atoms with Crippen molar-refractivity contribution in [3.8, 4) is 0 Å². The van der Waals surface area contributed by atoms with Crippen molar-refractivity contribution in [1.82, 2.24) is 14.5 Å². The first-order valence-electron chi connectivity index (χ1n) is 6.08. The van der Waals surface area contributed by atoms with Crippen LogP contribution in [0.15, 0.2) is 24.3 Å². The van der Waals surface area contributed by atoms with Crippen molar-refractivity contribution in [1.29, 1.82) is 0 Å². The number of halogens is 4. The zero-order valence-corrected chi connectivity index (χ0v) is 12.4. The van der Waals surface area contributed by atoms with Crippen LogP contribution in [0, 0.1) is 18.6 Å². The molecule has 3 nitrogen and oxygen atoms in total. The topological polar surface area (TPSA) is 30.7 Å². The molecule has 0 radical (unpaired) electrons. The normalized spacial score (nSPS) is 11.3. The largest absolute Gasteiger partial charge is 0.308 e. The van der Waals surface area contributed by atoms with Gasteiger partial charge in [-0.05, 0) is 19.1 Å². The van der Waals surface area contributed by atoms with Gasteiger partial charge in [-0.15, -0.1) is 0 Å². The lowest BCUT2D eigenvalue weighted by atomic mass is 10.2. The number of fused-ring (bicyclic) bond motifs is 1. The van der Waals surface area contributed by atoms with Gasteiger partial charge in [0.05, 0.1) is 11.6 Å². The van der Waals surface area contributed by atoms with Crippen LogP contribution >= 0.6 is 23.2 Å². The second-order valence-corrected chi connectivity index (χ2v) is 5.37. The molecule has 0 N–H and O–H groups in total. The molecule has 2 heterocycles. The molecule has 2 aromatic heterocycles. The molecule has 3 aromatic rings. The van der Waals surface area contributed by atoms with Crippen molar-refractivity contribution in [2.45, 2.75) is 13.5 Å². The summed E-state index contributed by atoms with van der Waals surface area (Å²) in [6, 6.07) is 4.94. The molecule has 0 spiro atoms. The summed E-state index contributed by atoms with van der Waals surface area (Å²) in [5.41, 5.74) is 1.30. The van der Waals surface area contributed by atoms with Gasteiger partial charge in [0, 0.05) is 11.6 Å². The van der Waals surface area contributed by atoms with Gasteiger partial charge >= 0.3 is 0 Å². The molecule has 1 aromatic carbocycles. The van der Waals surface area contributed by atoms with Crippen LogP contribution in [0.4, 0.5) is 8.78 Å². The lowest BCUT2D eigenvalue weighted by molar-refractivity contribution is 0.566. The Morgan fingerprint density at radius 1 is 1.14 bits per heavy atom. The van der Waals surface area contributed by atoms with E-state index in [4.69, 9.17) is 23.2 Å². The fourth-order valence-corrected chi connectivity index (χ4v) is 2.62. The molecule has 3 rings (SSSR count). The smallest absolute Gasteiger partial charge is 0.163 e. The van der Waals surface area contributed by atoms with Crippen LogP contribution in [-0.2, 0) is 6.54 Å². The van der Waals surface area contributed by atoms with E-state index in [-0.39, 0.29) is 11.7 Å². The quantitative estimate of drug-likeness (QED) is 0.654. The highest BCUT2D eigenvalue weighted by Gasteiger charge is 2.15. The summed E-state index contributed by atoms with van der Waals surface area (Å²) in [5.74, 6) is -0.623. The number of aromatic nitrogens is 3. The molecule has 0 aliphatic carbocycles.